The molecule has 1 saturated heterocycles. The average molecular weight is 302 g/mol. The van der Waals surface area contributed by atoms with Crippen molar-refractivity contribution in [3.63, 3.8) is 0 Å². The van der Waals surface area contributed by atoms with Crippen molar-refractivity contribution in [1.29, 1.82) is 0 Å². The van der Waals surface area contributed by atoms with E-state index in [0.717, 1.165) is 0 Å². The zero-order valence-electron chi connectivity index (χ0n) is 10.4. The third-order valence-electron chi connectivity index (χ3n) is 2.84. The molecule has 2 atom stereocenters. The molecule has 9 heteroatoms. The third kappa shape index (κ3) is 4.03. The molecule has 8 nitrogen and oxygen atoms in total. The lowest BCUT2D eigenvalue weighted by Gasteiger charge is -2.14. The number of carboxylic acid groups (broad SMARTS) is 1. The van der Waals surface area contributed by atoms with Crippen molar-refractivity contribution in [2.45, 2.75) is 18.6 Å². The molecule has 0 bridgehead atoms. The van der Waals surface area contributed by atoms with Gasteiger partial charge in [0.05, 0.1) is 6.61 Å². The van der Waals surface area contributed by atoms with Crippen molar-refractivity contribution in [1.82, 2.24) is 0 Å². The van der Waals surface area contributed by atoms with E-state index in [2.05, 4.69) is 5.09 Å². The molecule has 1 aliphatic rings. The van der Waals surface area contributed by atoms with Crippen LogP contribution in [0.15, 0.2) is 18.2 Å². The summed E-state index contributed by atoms with van der Waals surface area (Å²) in [6, 6.07) is 3.69. The standard InChI is InChI=1S/C11H15N2O6P/c12-8(11(14)15)4-6-1-2-9(13-20(16,17)18)7(3-6)10-5-19-10/h1-3,8,10H,4-5,12H2,(H,14,15)(H3,13,16,17,18). The maximum absolute atomic E-state index is 11.0. The summed E-state index contributed by atoms with van der Waals surface area (Å²) in [6.07, 6.45) is -0.101. The summed E-state index contributed by atoms with van der Waals surface area (Å²) < 4.78 is 16.1. The van der Waals surface area contributed by atoms with Crippen LogP contribution in [0.25, 0.3) is 0 Å². The Morgan fingerprint density at radius 2 is 2.20 bits per heavy atom. The van der Waals surface area contributed by atoms with Gasteiger partial charge in [0.2, 0.25) is 0 Å². The molecule has 1 aliphatic heterocycles. The van der Waals surface area contributed by atoms with Gasteiger partial charge >= 0.3 is 13.7 Å². The van der Waals surface area contributed by atoms with E-state index in [1.165, 1.54) is 6.07 Å². The van der Waals surface area contributed by atoms with Gasteiger partial charge in [0.15, 0.2) is 0 Å². The van der Waals surface area contributed by atoms with Gasteiger partial charge in [0, 0.05) is 11.3 Å². The van der Waals surface area contributed by atoms with E-state index in [4.69, 9.17) is 25.4 Å². The molecule has 0 spiro atoms. The monoisotopic (exact) mass is 302 g/mol. The fourth-order valence-corrected chi connectivity index (χ4v) is 2.35. The number of hydrogen-bond donors (Lipinski definition) is 5. The number of anilines is 1. The summed E-state index contributed by atoms with van der Waals surface area (Å²) in [7, 11) is -4.41. The van der Waals surface area contributed by atoms with E-state index in [9.17, 15) is 9.36 Å². The van der Waals surface area contributed by atoms with E-state index in [0.29, 0.717) is 17.7 Å². The number of carboxylic acids is 1. The second-order valence-corrected chi connectivity index (χ2v) is 5.86. The summed E-state index contributed by atoms with van der Waals surface area (Å²) in [5.74, 6) is -1.10. The summed E-state index contributed by atoms with van der Waals surface area (Å²) >= 11 is 0. The van der Waals surface area contributed by atoms with E-state index < -0.39 is 19.8 Å². The second kappa shape index (κ2) is 5.51. The molecule has 0 aromatic heterocycles. The Balaban J connectivity index is 2.24. The van der Waals surface area contributed by atoms with Crippen molar-refractivity contribution in [3.05, 3.63) is 29.3 Å². The summed E-state index contributed by atoms with van der Waals surface area (Å²) in [5.41, 5.74) is 6.99. The number of nitrogens with two attached hydrogens (primary N) is 1. The smallest absolute Gasteiger partial charge is 0.427 e. The fraction of sp³-hybridized carbons (Fsp3) is 0.364. The largest absolute Gasteiger partial charge is 0.480 e. The zero-order chi connectivity index (χ0) is 14.9. The van der Waals surface area contributed by atoms with E-state index in [-0.39, 0.29) is 18.2 Å². The highest BCUT2D eigenvalue weighted by molar-refractivity contribution is 7.53. The van der Waals surface area contributed by atoms with Crippen LogP contribution >= 0.6 is 7.75 Å². The van der Waals surface area contributed by atoms with Gasteiger partial charge in [-0.05, 0) is 18.1 Å². The van der Waals surface area contributed by atoms with Crippen LogP contribution in [0.5, 0.6) is 0 Å². The van der Waals surface area contributed by atoms with Gasteiger partial charge in [-0.3, -0.25) is 9.88 Å². The lowest BCUT2D eigenvalue weighted by atomic mass is 10.0. The van der Waals surface area contributed by atoms with E-state index in [1.54, 1.807) is 12.1 Å². The molecule has 0 amide bonds. The molecule has 0 aliphatic carbocycles. The Kier molecular flexibility index (Phi) is 4.12. The number of epoxide rings is 1. The number of ether oxygens (including phenoxy) is 1. The molecule has 110 valence electrons. The maximum atomic E-state index is 11.0. The average Bonchev–Trinajstić information content (AvgIpc) is 3.13. The molecule has 0 saturated carbocycles. The summed E-state index contributed by atoms with van der Waals surface area (Å²) in [6.45, 7) is 0.463. The molecular formula is C11H15N2O6P. The van der Waals surface area contributed by atoms with Gasteiger partial charge in [-0.25, -0.2) is 4.57 Å². The van der Waals surface area contributed by atoms with Gasteiger partial charge < -0.3 is 25.4 Å². The molecule has 2 unspecified atom stereocenters. The first-order chi connectivity index (χ1) is 9.26. The second-order valence-electron chi connectivity index (χ2n) is 4.55. The SMILES string of the molecule is NC(Cc1ccc(NP(=O)(O)O)c(C2CO2)c1)C(=O)O. The van der Waals surface area contributed by atoms with Gasteiger partial charge in [0.1, 0.15) is 12.1 Å². The Labute approximate surface area is 114 Å². The van der Waals surface area contributed by atoms with Crippen molar-refractivity contribution in [3.8, 4) is 0 Å². The Hall–Kier alpha value is -1.44. The first-order valence-electron chi connectivity index (χ1n) is 5.83. The van der Waals surface area contributed by atoms with Gasteiger partial charge in [-0.2, -0.15) is 0 Å². The van der Waals surface area contributed by atoms with Crippen molar-refractivity contribution >= 4 is 19.4 Å². The van der Waals surface area contributed by atoms with Gasteiger partial charge in [-0.1, -0.05) is 12.1 Å². The molecule has 6 N–H and O–H groups in total. The molecule has 1 heterocycles. The molecule has 1 aromatic rings. The molecule has 2 rings (SSSR count). The van der Waals surface area contributed by atoms with Crippen LogP contribution < -0.4 is 10.8 Å². The minimum atomic E-state index is -4.41. The molecular weight excluding hydrogens is 287 g/mol. The highest BCUT2D eigenvalue weighted by atomic mass is 31.2. The van der Waals surface area contributed by atoms with Crippen LogP contribution in [0.2, 0.25) is 0 Å². The lowest BCUT2D eigenvalue weighted by molar-refractivity contribution is -0.138. The highest BCUT2D eigenvalue weighted by Gasteiger charge is 2.29. The summed E-state index contributed by atoms with van der Waals surface area (Å²) in [5, 5.41) is 10.9. The number of carbonyl (C=O) groups is 1. The number of aliphatic carboxylic acids is 1. The van der Waals surface area contributed by atoms with Gasteiger partial charge in [0.25, 0.3) is 0 Å². The molecule has 20 heavy (non-hydrogen) atoms. The first kappa shape index (κ1) is 15.0. The minimum absolute atomic E-state index is 0.130. The molecule has 1 fully saturated rings. The van der Waals surface area contributed by atoms with Crippen LogP contribution in [-0.4, -0.2) is 33.5 Å². The maximum Gasteiger partial charge on any atom is 0.427 e. The number of hydrogen-bond acceptors (Lipinski definition) is 4. The van der Waals surface area contributed by atoms with Crippen LogP contribution in [-0.2, 0) is 20.5 Å². The van der Waals surface area contributed by atoms with Crippen LogP contribution in [0.4, 0.5) is 5.69 Å². The van der Waals surface area contributed by atoms with Crippen molar-refractivity contribution < 1.29 is 29.0 Å². The Bertz CT molecular complexity index is 568. The highest BCUT2D eigenvalue weighted by Crippen LogP contribution is 2.42. The predicted octanol–water partition coefficient (Wildman–Crippen LogP) is 0.217. The summed E-state index contributed by atoms with van der Waals surface area (Å²) in [4.78, 5) is 28.6. The number of nitrogens with one attached hydrogen (secondary N) is 1. The lowest BCUT2D eigenvalue weighted by Crippen LogP contribution is -2.32. The molecule has 1 aromatic carbocycles. The van der Waals surface area contributed by atoms with Gasteiger partial charge in [-0.15, -0.1) is 0 Å². The number of benzene rings is 1. The van der Waals surface area contributed by atoms with Crippen LogP contribution in [0, 0.1) is 0 Å². The van der Waals surface area contributed by atoms with E-state index >= 15 is 0 Å². The minimum Gasteiger partial charge on any atom is -0.480 e. The fourth-order valence-electron chi connectivity index (χ4n) is 1.83. The topological polar surface area (TPSA) is 145 Å². The van der Waals surface area contributed by atoms with E-state index in [1.807, 2.05) is 0 Å². The zero-order valence-corrected chi connectivity index (χ0v) is 11.3. The van der Waals surface area contributed by atoms with Crippen LogP contribution in [0.1, 0.15) is 17.2 Å². The Morgan fingerprint density at radius 3 is 2.70 bits per heavy atom. The Morgan fingerprint density at radius 1 is 1.55 bits per heavy atom. The quantitative estimate of drug-likeness (QED) is 0.370. The normalized spacial score (nSPS) is 19.4. The first-order valence-corrected chi connectivity index (χ1v) is 7.44. The third-order valence-corrected chi connectivity index (χ3v) is 3.37. The van der Waals surface area contributed by atoms with Crippen LogP contribution in [0.3, 0.4) is 0 Å². The molecule has 0 radical (unpaired) electrons. The number of rotatable bonds is 6. The predicted molar refractivity (Wildman–Crippen MR) is 70.1 cm³/mol. The van der Waals surface area contributed by atoms with Crippen molar-refractivity contribution in [2.75, 3.05) is 11.7 Å². The van der Waals surface area contributed by atoms with Crippen molar-refractivity contribution in [2.24, 2.45) is 5.73 Å².